The van der Waals surface area contributed by atoms with Crippen LogP contribution in [0.15, 0.2) is 40.9 Å². The number of fused-ring (bicyclic) bond motifs is 1. The summed E-state index contributed by atoms with van der Waals surface area (Å²) in [7, 11) is 0. The summed E-state index contributed by atoms with van der Waals surface area (Å²) in [6.07, 6.45) is 0. The zero-order valence-electron chi connectivity index (χ0n) is 10.7. The Balaban J connectivity index is 1.98. The molecule has 0 saturated carbocycles. The molecule has 0 amide bonds. The zero-order valence-corrected chi connectivity index (χ0v) is 13.1. The third kappa shape index (κ3) is 2.65. The number of aryl methyl sites for hydroxylation is 2. The van der Waals surface area contributed by atoms with Gasteiger partial charge in [-0.3, -0.25) is 0 Å². The van der Waals surface area contributed by atoms with E-state index < -0.39 is 0 Å². The van der Waals surface area contributed by atoms with E-state index >= 15 is 0 Å². The molecular weight excluding hydrogens is 320 g/mol. The van der Waals surface area contributed by atoms with E-state index in [1.807, 2.05) is 12.1 Å². The summed E-state index contributed by atoms with van der Waals surface area (Å²) in [5, 5.41) is 4.35. The van der Waals surface area contributed by atoms with Gasteiger partial charge in [0.15, 0.2) is 5.13 Å². The summed E-state index contributed by atoms with van der Waals surface area (Å²) in [5.74, 6) is 0. The molecule has 0 aliphatic carbocycles. The van der Waals surface area contributed by atoms with Crippen molar-refractivity contribution in [1.82, 2.24) is 4.98 Å². The van der Waals surface area contributed by atoms with Crippen molar-refractivity contribution >= 4 is 48.3 Å². The van der Waals surface area contributed by atoms with Crippen molar-refractivity contribution in [2.75, 3.05) is 5.32 Å². The fourth-order valence-electron chi connectivity index (χ4n) is 1.94. The van der Waals surface area contributed by atoms with E-state index in [0.717, 1.165) is 20.8 Å². The van der Waals surface area contributed by atoms with Crippen LogP contribution in [0.1, 0.15) is 11.1 Å². The Morgan fingerprint density at radius 1 is 1.11 bits per heavy atom. The molecular formula is C15H13BrN2S. The number of benzene rings is 2. The van der Waals surface area contributed by atoms with E-state index in [-0.39, 0.29) is 0 Å². The van der Waals surface area contributed by atoms with Crippen LogP contribution in [0.2, 0.25) is 0 Å². The average Bonchev–Trinajstić information content (AvgIpc) is 2.75. The monoisotopic (exact) mass is 332 g/mol. The zero-order chi connectivity index (χ0) is 13.4. The van der Waals surface area contributed by atoms with Crippen LogP contribution in [0.4, 0.5) is 10.8 Å². The first-order valence-corrected chi connectivity index (χ1v) is 7.63. The Morgan fingerprint density at radius 3 is 2.79 bits per heavy atom. The maximum absolute atomic E-state index is 4.61. The topological polar surface area (TPSA) is 24.9 Å². The van der Waals surface area contributed by atoms with Crippen molar-refractivity contribution in [3.05, 3.63) is 52.0 Å². The third-order valence-electron chi connectivity index (χ3n) is 2.99. The minimum Gasteiger partial charge on any atom is -0.331 e. The highest BCUT2D eigenvalue weighted by molar-refractivity contribution is 9.10. The molecule has 0 spiro atoms. The van der Waals surface area contributed by atoms with E-state index in [2.05, 4.69) is 64.3 Å². The predicted molar refractivity (Wildman–Crippen MR) is 86.5 cm³/mol. The van der Waals surface area contributed by atoms with Gasteiger partial charge in [0.05, 0.1) is 10.2 Å². The fourth-order valence-corrected chi connectivity index (χ4v) is 3.37. The maximum atomic E-state index is 4.61. The Kier molecular flexibility index (Phi) is 3.29. The molecule has 0 radical (unpaired) electrons. The Bertz CT molecular complexity index is 749. The number of rotatable bonds is 2. The van der Waals surface area contributed by atoms with E-state index in [0.29, 0.717) is 0 Å². The second-order valence-corrected chi connectivity index (χ2v) is 6.52. The largest absolute Gasteiger partial charge is 0.331 e. The molecule has 96 valence electrons. The van der Waals surface area contributed by atoms with Crippen LogP contribution >= 0.6 is 27.3 Å². The molecule has 0 fully saturated rings. The van der Waals surface area contributed by atoms with Gasteiger partial charge < -0.3 is 5.32 Å². The van der Waals surface area contributed by atoms with Crippen LogP contribution in [0.5, 0.6) is 0 Å². The molecule has 1 aromatic heterocycles. The van der Waals surface area contributed by atoms with Gasteiger partial charge in [0.2, 0.25) is 0 Å². The van der Waals surface area contributed by atoms with Gasteiger partial charge in [0, 0.05) is 10.2 Å². The minimum atomic E-state index is 0.932. The summed E-state index contributed by atoms with van der Waals surface area (Å²) >= 11 is 5.16. The number of aromatic nitrogens is 1. The summed E-state index contributed by atoms with van der Waals surface area (Å²) in [6, 6.07) is 12.5. The van der Waals surface area contributed by atoms with Gasteiger partial charge in [-0.15, -0.1) is 0 Å². The highest BCUT2D eigenvalue weighted by Crippen LogP contribution is 2.31. The lowest BCUT2D eigenvalue weighted by Gasteiger charge is -2.07. The molecule has 0 saturated heterocycles. The molecule has 3 rings (SSSR count). The Morgan fingerprint density at radius 2 is 1.95 bits per heavy atom. The van der Waals surface area contributed by atoms with Gasteiger partial charge in [-0.2, -0.15) is 0 Å². The summed E-state index contributed by atoms with van der Waals surface area (Å²) in [4.78, 5) is 4.61. The summed E-state index contributed by atoms with van der Waals surface area (Å²) < 4.78 is 2.27. The van der Waals surface area contributed by atoms with Gasteiger partial charge in [-0.25, -0.2) is 4.98 Å². The predicted octanol–water partition coefficient (Wildman–Crippen LogP) is 5.42. The lowest BCUT2D eigenvalue weighted by Crippen LogP contribution is -1.92. The normalized spacial score (nSPS) is 10.9. The van der Waals surface area contributed by atoms with Gasteiger partial charge in [0.25, 0.3) is 0 Å². The van der Waals surface area contributed by atoms with Crippen molar-refractivity contribution in [3.8, 4) is 0 Å². The average molecular weight is 333 g/mol. The first kappa shape index (κ1) is 12.6. The minimum absolute atomic E-state index is 0.932. The molecule has 4 heteroatoms. The number of hydrogen-bond acceptors (Lipinski definition) is 3. The molecule has 2 nitrogen and oxygen atoms in total. The highest BCUT2D eigenvalue weighted by Gasteiger charge is 2.06. The first-order valence-electron chi connectivity index (χ1n) is 6.02. The SMILES string of the molecule is Cc1ccc(C)c(Nc2nc3ccc(Br)cc3s2)c1. The number of anilines is 2. The summed E-state index contributed by atoms with van der Waals surface area (Å²) in [6.45, 7) is 4.20. The van der Waals surface area contributed by atoms with Crippen LogP contribution < -0.4 is 5.32 Å². The van der Waals surface area contributed by atoms with Gasteiger partial charge in [0.1, 0.15) is 0 Å². The van der Waals surface area contributed by atoms with Crippen molar-refractivity contribution in [2.24, 2.45) is 0 Å². The molecule has 19 heavy (non-hydrogen) atoms. The number of nitrogens with zero attached hydrogens (tertiary/aromatic N) is 1. The molecule has 0 atom stereocenters. The van der Waals surface area contributed by atoms with Crippen LogP contribution in [-0.2, 0) is 0 Å². The van der Waals surface area contributed by atoms with E-state index in [4.69, 9.17) is 0 Å². The smallest absolute Gasteiger partial charge is 0.188 e. The van der Waals surface area contributed by atoms with Crippen molar-refractivity contribution in [2.45, 2.75) is 13.8 Å². The van der Waals surface area contributed by atoms with E-state index in [9.17, 15) is 0 Å². The lowest BCUT2D eigenvalue weighted by atomic mass is 10.1. The van der Waals surface area contributed by atoms with Gasteiger partial charge in [-0.05, 0) is 49.2 Å². The van der Waals surface area contributed by atoms with Gasteiger partial charge in [-0.1, -0.05) is 39.4 Å². The number of thiazole rings is 1. The molecule has 0 aliphatic heterocycles. The lowest BCUT2D eigenvalue weighted by molar-refractivity contribution is 1.36. The molecule has 0 aliphatic rings. The standard InChI is InChI=1S/C15H13BrN2S/c1-9-3-4-10(2)13(7-9)18-15-17-12-6-5-11(16)8-14(12)19-15/h3-8H,1-2H3,(H,17,18). The molecule has 3 aromatic rings. The van der Waals surface area contributed by atoms with Crippen molar-refractivity contribution < 1.29 is 0 Å². The quantitative estimate of drug-likeness (QED) is 0.677. The highest BCUT2D eigenvalue weighted by atomic mass is 79.9. The Hall–Kier alpha value is -1.39. The van der Waals surface area contributed by atoms with Crippen LogP contribution in [0.25, 0.3) is 10.2 Å². The molecule has 2 aromatic carbocycles. The molecule has 0 bridgehead atoms. The number of nitrogens with one attached hydrogen (secondary N) is 1. The Labute approximate surface area is 124 Å². The summed E-state index contributed by atoms with van der Waals surface area (Å²) in [5.41, 5.74) is 4.63. The molecule has 1 heterocycles. The van der Waals surface area contributed by atoms with Crippen molar-refractivity contribution in [3.63, 3.8) is 0 Å². The van der Waals surface area contributed by atoms with E-state index in [1.54, 1.807) is 11.3 Å². The van der Waals surface area contributed by atoms with Crippen LogP contribution in [0, 0.1) is 13.8 Å². The van der Waals surface area contributed by atoms with Gasteiger partial charge >= 0.3 is 0 Å². The first-order chi connectivity index (χ1) is 9.11. The third-order valence-corrected chi connectivity index (χ3v) is 4.41. The van der Waals surface area contributed by atoms with Crippen molar-refractivity contribution in [1.29, 1.82) is 0 Å². The molecule has 1 N–H and O–H groups in total. The maximum Gasteiger partial charge on any atom is 0.188 e. The van der Waals surface area contributed by atoms with Crippen LogP contribution in [-0.4, -0.2) is 4.98 Å². The fraction of sp³-hybridized carbons (Fsp3) is 0.133. The second kappa shape index (κ2) is 4.94. The molecule has 0 unspecified atom stereocenters. The van der Waals surface area contributed by atoms with Crippen LogP contribution in [0.3, 0.4) is 0 Å². The second-order valence-electron chi connectivity index (χ2n) is 4.57. The number of halogens is 1. The number of hydrogen-bond donors (Lipinski definition) is 1. The van der Waals surface area contributed by atoms with E-state index in [1.165, 1.54) is 15.8 Å².